The molecule has 2 heterocycles. The van der Waals surface area contributed by atoms with Crippen molar-refractivity contribution in [2.45, 2.75) is 43.4 Å². The third-order valence-corrected chi connectivity index (χ3v) is 5.96. The Balaban J connectivity index is 1.68. The van der Waals surface area contributed by atoms with Crippen LogP contribution >= 0.6 is 11.6 Å². The summed E-state index contributed by atoms with van der Waals surface area (Å²) in [4.78, 5) is 12.4. The summed E-state index contributed by atoms with van der Waals surface area (Å²) in [6, 6.07) is 12.5. The fourth-order valence-corrected chi connectivity index (χ4v) is 4.18. The lowest BCUT2D eigenvalue weighted by Crippen LogP contribution is -2.57. The summed E-state index contributed by atoms with van der Waals surface area (Å²) in [5.74, 6) is -1.95. The van der Waals surface area contributed by atoms with Gasteiger partial charge in [-0.3, -0.25) is 0 Å². The lowest BCUT2D eigenvalue weighted by atomic mass is 9.85. The van der Waals surface area contributed by atoms with E-state index in [1.807, 2.05) is 31.2 Å². The molecule has 7 nitrogen and oxygen atoms in total. The van der Waals surface area contributed by atoms with E-state index in [9.17, 15) is 20.1 Å². The summed E-state index contributed by atoms with van der Waals surface area (Å²) in [7, 11) is 0. The monoisotopic (exact) mass is 434 g/mol. The maximum atomic E-state index is 12.4. The molecule has 2 aromatic rings. The van der Waals surface area contributed by atoms with Crippen LogP contribution in [-0.4, -0.2) is 52.3 Å². The minimum absolute atomic E-state index is 0.252. The number of carbonyl (C=O) groups excluding carboxylic acids is 1. The van der Waals surface area contributed by atoms with Crippen LogP contribution in [0.1, 0.15) is 30.0 Å². The number of ether oxygens (including phenoxy) is 3. The Morgan fingerprint density at radius 3 is 2.60 bits per heavy atom. The number of hydrogen-bond donors (Lipinski definition) is 3. The Kier molecular flexibility index (Phi) is 5.50. The van der Waals surface area contributed by atoms with Gasteiger partial charge in [-0.1, -0.05) is 29.8 Å². The molecule has 0 amide bonds. The molecular formula is C22H23ClO7. The molecule has 2 aliphatic heterocycles. The molecule has 2 aliphatic rings. The number of carbonyl (C=O) groups is 1. The van der Waals surface area contributed by atoms with Crippen molar-refractivity contribution in [3.8, 4) is 5.75 Å². The molecule has 30 heavy (non-hydrogen) atoms. The van der Waals surface area contributed by atoms with Gasteiger partial charge in [-0.2, -0.15) is 0 Å². The average molecular weight is 435 g/mol. The van der Waals surface area contributed by atoms with Crippen molar-refractivity contribution in [1.82, 2.24) is 0 Å². The SMILES string of the molecule is CCOc1ccc(Cc2cc([C@@]34OC(=O)[C@@](CO)(C[C@H](O)[C@H]3O)O4)ccc2Cl)cc1. The second-order valence-electron chi connectivity index (χ2n) is 7.59. The first-order valence-corrected chi connectivity index (χ1v) is 10.1. The molecular weight excluding hydrogens is 412 g/mol. The minimum atomic E-state index is -1.91. The van der Waals surface area contributed by atoms with Crippen LogP contribution in [0.4, 0.5) is 0 Å². The van der Waals surface area contributed by atoms with Gasteiger partial charge < -0.3 is 29.5 Å². The topological polar surface area (TPSA) is 105 Å². The Hall–Kier alpha value is -2.16. The number of fused-ring (bicyclic) bond motifs is 2. The van der Waals surface area contributed by atoms with Crippen LogP contribution in [0.2, 0.25) is 5.02 Å². The summed E-state index contributed by atoms with van der Waals surface area (Å²) in [6.07, 6.45) is -2.59. The van der Waals surface area contributed by atoms with Crippen molar-refractivity contribution in [3.05, 3.63) is 64.2 Å². The zero-order valence-electron chi connectivity index (χ0n) is 16.4. The van der Waals surface area contributed by atoms with Gasteiger partial charge in [-0.25, -0.2) is 4.79 Å². The molecule has 0 aromatic heterocycles. The predicted octanol–water partition coefficient (Wildman–Crippen LogP) is 1.91. The zero-order chi connectivity index (χ0) is 21.5. The van der Waals surface area contributed by atoms with E-state index in [4.69, 9.17) is 25.8 Å². The quantitative estimate of drug-likeness (QED) is 0.596. The number of esters is 1. The fraction of sp³-hybridized carbons (Fsp3) is 0.409. The van der Waals surface area contributed by atoms with E-state index >= 15 is 0 Å². The number of hydrogen-bond acceptors (Lipinski definition) is 7. The van der Waals surface area contributed by atoms with Gasteiger partial charge in [0.15, 0.2) is 5.60 Å². The molecule has 0 saturated carbocycles. The molecule has 0 unspecified atom stereocenters. The van der Waals surface area contributed by atoms with E-state index in [1.165, 1.54) is 0 Å². The van der Waals surface area contributed by atoms with Crippen LogP contribution in [0.25, 0.3) is 0 Å². The standard InChI is InChI=1S/C22H23ClO7/c1-2-28-16-6-3-13(4-7-16)9-14-10-15(5-8-17(14)23)22-19(26)18(25)11-21(12-24,30-22)20(27)29-22/h3-8,10,18-19,24-26H,2,9,11-12H2,1H3/t18-,19+,21-,22-/m0/s1. The minimum Gasteiger partial charge on any atom is -0.494 e. The number of halogens is 1. The molecule has 8 heteroatoms. The highest BCUT2D eigenvalue weighted by atomic mass is 35.5. The van der Waals surface area contributed by atoms with Crippen LogP contribution in [0, 0.1) is 0 Å². The van der Waals surface area contributed by atoms with Crippen molar-refractivity contribution >= 4 is 17.6 Å². The van der Waals surface area contributed by atoms with Gasteiger partial charge in [0.2, 0.25) is 0 Å². The first-order chi connectivity index (χ1) is 14.3. The lowest BCUT2D eigenvalue weighted by molar-refractivity contribution is -0.302. The molecule has 0 aliphatic carbocycles. The highest BCUT2D eigenvalue weighted by Crippen LogP contribution is 2.50. The Bertz CT molecular complexity index is 947. The van der Waals surface area contributed by atoms with Crippen LogP contribution in [0.15, 0.2) is 42.5 Å². The van der Waals surface area contributed by atoms with Gasteiger partial charge in [0.25, 0.3) is 5.79 Å². The van der Waals surface area contributed by atoms with Gasteiger partial charge in [0.1, 0.15) is 11.9 Å². The molecule has 160 valence electrons. The molecule has 4 rings (SSSR count). The van der Waals surface area contributed by atoms with Crippen molar-refractivity contribution in [2.24, 2.45) is 0 Å². The largest absolute Gasteiger partial charge is 0.494 e. The number of rotatable bonds is 6. The van der Waals surface area contributed by atoms with E-state index in [0.717, 1.165) is 16.9 Å². The summed E-state index contributed by atoms with van der Waals surface area (Å²) in [5, 5.41) is 31.2. The average Bonchev–Trinajstić information content (AvgIpc) is 3.00. The molecule has 0 radical (unpaired) electrons. The molecule has 2 aromatic carbocycles. The predicted molar refractivity (Wildman–Crippen MR) is 107 cm³/mol. The van der Waals surface area contributed by atoms with E-state index < -0.39 is 36.2 Å². The van der Waals surface area contributed by atoms with Gasteiger partial charge in [-0.05, 0) is 48.7 Å². The van der Waals surface area contributed by atoms with Crippen molar-refractivity contribution in [1.29, 1.82) is 0 Å². The van der Waals surface area contributed by atoms with Crippen molar-refractivity contribution in [2.75, 3.05) is 13.2 Å². The van der Waals surface area contributed by atoms with Crippen LogP contribution in [0.3, 0.4) is 0 Å². The van der Waals surface area contributed by atoms with Crippen molar-refractivity contribution < 1.29 is 34.3 Å². The van der Waals surface area contributed by atoms with Gasteiger partial charge in [0, 0.05) is 17.0 Å². The summed E-state index contributed by atoms with van der Waals surface area (Å²) < 4.78 is 16.7. The van der Waals surface area contributed by atoms with Crippen LogP contribution < -0.4 is 4.74 Å². The van der Waals surface area contributed by atoms with Crippen molar-refractivity contribution in [3.63, 3.8) is 0 Å². The normalized spacial score (nSPS) is 30.2. The third-order valence-electron chi connectivity index (χ3n) is 5.59. The second-order valence-corrected chi connectivity index (χ2v) is 7.99. The van der Waals surface area contributed by atoms with E-state index in [0.29, 0.717) is 23.6 Å². The number of aliphatic hydroxyl groups is 3. The molecule has 2 bridgehead atoms. The Morgan fingerprint density at radius 2 is 1.93 bits per heavy atom. The highest BCUT2D eigenvalue weighted by molar-refractivity contribution is 6.31. The maximum absolute atomic E-state index is 12.4. The number of benzene rings is 2. The zero-order valence-corrected chi connectivity index (χ0v) is 17.1. The molecule has 2 saturated heterocycles. The summed E-state index contributed by atoms with van der Waals surface area (Å²) in [5.41, 5.74) is 0.338. The molecule has 3 N–H and O–H groups in total. The molecule has 4 atom stereocenters. The van der Waals surface area contributed by atoms with Crippen LogP contribution in [0.5, 0.6) is 5.75 Å². The number of aliphatic hydroxyl groups excluding tert-OH is 3. The summed E-state index contributed by atoms with van der Waals surface area (Å²) in [6.45, 7) is 1.83. The maximum Gasteiger partial charge on any atom is 0.344 e. The summed E-state index contributed by atoms with van der Waals surface area (Å²) >= 11 is 6.39. The van der Waals surface area contributed by atoms with E-state index in [2.05, 4.69) is 0 Å². The second kappa shape index (κ2) is 7.83. The highest BCUT2D eigenvalue weighted by Gasteiger charge is 2.68. The first kappa shape index (κ1) is 21.1. The van der Waals surface area contributed by atoms with E-state index in [-0.39, 0.29) is 6.42 Å². The van der Waals surface area contributed by atoms with Gasteiger partial charge >= 0.3 is 5.97 Å². The Labute approximate surface area is 178 Å². The first-order valence-electron chi connectivity index (χ1n) is 9.75. The Morgan fingerprint density at radius 1 is 1.20 bits per heavy atom. The lowest BCUT2D eigenvalue weighted by Gasteiger charge is -2.41. The van der Waals surface area contributed by atoms with Gasteiger partial charge in [0.05, 0.1) is 19.3 Å². The fourth-order valence-electron chi connectivity index (χ4n) is 4.00. The van der Waals surface area contributed by atoms with Crippen LogP contribution in [-0.2, 0) is 26.5 Å². The smallest absolute Gasteiger partial charge is 0.344 e. The molecule has 0 spiro atoms. The van der Waals surface area contributed by atoms with E-state index in [1.54, 1.807) is 18.2 Å². The third kappa shape index (κ3) is 3.36. The van der Waals surface area contributed by atoms with Gasteiger partial charge in [-0.15, -0.1) is 0 Å². The molecule has 2 fully saturated rings.